The second-order valence-electron chi connectivity index (χ2n) is 8.49. The number of imidazole rings is 1. The van der Waals surface area contributed by atoms with E-state index in [0.717, 1.165) is 17.1 Å². The highest BCUT2D eigenvalue weighted by Crippen LogP contribution is 2.35. The fourth-order valence-electron chi connectivity index (χ4n) is 4.11. The zero-order valence-corrected chi connectivity index (χ0v) is 20.9. The topological polar surface area (TPSA) is 83.2 Å². The van der Waals surface area contributed by atoms with E-state index in [9.17, 15) is 4.79 Å². The Hall–Kier alpha value is -4.85. The van der Waals surface area contributed by atoms with Crippen LogP contribution < -0.4 is 14.8 Å². The van der Waals surface area contributed by atoms with Crippen molar-refractivity contribution in [3.63, 3.8) is 0 Å². The van der Waals surface area contributed by atoms with Crippen LogP contribution in [0, 0.1) is 6.92 Å². The molecule has 1 N–H and O–H groups in total. The van der Waals surface area contributed by atoms with E-state index in [1.54, 1.807) is 37.4 Å². The van der Waals surface area contributed by atoms with Crippen LogP contribution in [-0.4, -0.2) is 39.5 Å². The van der Waals surface area contributed by atoms with E-state index in [0.29, 0.717) is 40.6 Å². The quantitative estimate of drug-likeness (QED) is 0.315. The van der Waals surface area contributed by atoms with Crippen molar-refractivity contribution >= 4 is 11.6 Å². The summed E-state index contributed by atoms with van der Waals surface area (Å²) in [6, 6.07) is 22.9. The third-order valence-electron chi connectivity index (χ3n) is 6.13. The van der Waals surface area contributed by atoms with Crippen molar-refractivity contribution in [3.05, 3.63) is 108 Å². The molecule has 0 bridgehead atoms. The Labute approximate surface area is 215 Å². The van der Waals surface area contributed by atoms with E-state index in [2.05, 4.69) is 14.9 Å². The van der Waals surface area contributed by atoms with Crippen LogP contribution in [0.15, 0.2) is 91.4 Å². The van der Waals surface area contributed by atoms with Gasteiger partial charge in [0.2, 0.25) is 0 Å². The summed E-state index contributed by atoms with van der Waals surface area (Å²) < 4.78 is 14.8. The summed E-state index contributed by atoms with van der Waals surface area (Å²) in [6.45, 7) is 2.68. The molecule has 5 rings (SSSR count). The van der Waals surface area contributed by atoms with Crippen LogP contribution in [0.3, 0.4) is 0 Å². The van der Waals surface area contributed by atoms with E-state index in [1.165, 1.54) is 0 Å². The fraction of sp³-hybridized carbons (Fsp3) is 0.138. The van der Waals surface area contributed by atoms with Gasteiger partial charge in [0.15, 0.2) is 0 Å². The molecule has 8 heteroatoms. The molecule has 2 heterocycles. The Morgan fingerprint density at radius 1 is 0.973 bits per heavy atom. The summed E-state index contributed by atoms with van der Waals surface area (Å²) in [7, 11) is 3.19. The molecule has 37 heavy (non-hydrogen) atoms. The predicted octanol–water partition coefficient (Wildman–Crippen LogP) is 5.36. The van der Waals surface area contributed by atoms with Gasteiger partial charge in [-0.15, -0.1) is 0 Å². The highest BCUT2D eigenvalue weighted by atomic mass is 16.5. The van der Waals surface area contributed by atoms with Crippen LogP contribution in [0.25, 0.3) is 16.9 Å². The summed E-state index contributed by atoms with van der Waals surface area (Å²) >= 11 is 0. The number of para-hydroxylation sites is 1. The molecule has 0 spiro atoms. The molecule has 186 valence electrons. The number of aryl methyl sites for hydroxylation is 1. The number of hydrogen-bond donors (Lipinski definition) is 1. The van der Waals surface area contributed by atoms with Gasteiger partial charge in [-0.2, -0.15) is 5.10 Å². The normalized spacial score (nSPS) is 10.8. The summed E-state index contributed by atoms with van der Waals surface area (Å²) in [4.78, 5) is 17.8. The first-order chi connectivity index (χ1) is 18.1. The lowest BCUT2D eigenvalue weighted by Crippen LogP contribution is -2.12. The van der Waals surface area contributed by atoms with Crippen LogP contribution in [0.4, 0.5) is 5.69 Å². The first-order valence-corrected chi connectivity index (χ1v) is 11.8. The van der Waals surface area contributed by atoms with Crippen LogP contribution >= 0.6 is 0 Å². The van der Waals surface area contributed by atoms with Crippen molar-refractivity contribution in [2.24, 2.45) is 0 Å². The SMILES string of the molecule is COc1ccc(OC)c(-c2nn(-c3ccccc3)cc2C(=O)Nc2ccc(Cn3ccnc3C)cc2)c1. The van der Waals surface area contributed by atoms with Gasteiger partial charge in [0, 0.05) is 36.4 Å². The van der Waals surface area contributed by atoms with Crippen molar-refractivity contribution < 1.29 is 14.3 Å². The molecule has 0 fully saturated rings. The maximum absolute atomic E-state index is 13.5. The fourth-order valence-corrected chi connectivity index (χ4v) is 4.11. The van der Waals surface area contributed by atoms with Crippen LogP contribution in [0.1, 0.15) is 21.7 Å². The molecular weight excluding hydrogens is 466 g/mol. The second kappa shape index (κ2) is 10.4. The van der Waals surface area contributed by atoms with Crippen molar-refractivity contribution in [3.8, 4) is 28.4 Å². The van der Waals surface area contributed by atoms with Crippen LogP contribution in [0.2, 0.25) is 0 Å². The number of carbonyl (C=O) groups is 1. The van der Waals surface area contributed by atoms with Gasteiger partial charge >= 0.3 is 0 Å². The Morgan fingerprint density at radius 2 is 1.76 bits per heavy atom. The third-order valence-corrected chi connectivity index (χ3v) is 6.13. The molecule has 0 aliphatic heterocycles. The molecule has 0 unspecified atom stereocenters. The van der Waals surface area contributed by atoms with Crippen molar-refractivity contribution in [2.45, 2.75) is 13.5 Å². The van der Waals surface area contributed by atoms with E-state index in [-0.39, 0.29) is 5.91 Å². The average molecular weight is 494 g/mol. The molecule has 8 nitrogen and oxygen atoms in total. The molecule has 0 radical (unpaired) electrons. The molecule has 3 aromatic carbocycles. The number of hydrogen-bond acceptors (Lipinski definition) is 5. The highest BCUT2D eigenvalue weighted by Gasteiger charge is 2.22. The van der Waals surface area contributed by atoms with Gasteiger partial charge in [-0.3, -0.25) is 4.79 Å². The lowest BCUT2D eigenvalue weighted by Gasteiger charge is -2.11. The Balaban J connectivity index is 1.48. The Bertz CT molecular complexity index is 1520. The number of ether oxygens (including phenoxy) is 2. The summed E-state index contributed by atoms with van der Waals surface area (Å²) in [5.74, 6) is 1.90. The number of rotatable bonds is 8. The van der Waals surface area contributed by atoms with Gasteiger partial charge in [0.1, 0.15) is 23.0 Å². The van der Waals surface area contributed by atoms with Crippen LogP contribution in [0.5, 0.6) is 11.5 Å². The largest absolute Gasteiger partial charge is 0.497 e. The van der Waals surface area contributed by atoms with Gasteiger partial charge in [0.25, 0.3) is 5.91 Å². The maximum atomic E-state index is 13.5. The first-order valence-electron chi connectivity index (χ1n) is 11.8. The molecule has 5 aromatic rings. The third kappa shape index (κ3) is 5.08. The Kier molecular flexibility index (Phi) is 6.72. The number of amides is 1. The molecular formula is C29H27N5O3. The molecule has 0 atom stereocenters. The second-order valence-corrected chi connectivity index (χ2v) is 8.49. The summed E-state index contributed by atoms with van der Waals surface area (Å²) in [5.41, 5.74) is 4.19. The van der Waals surface area contributed by atoms with E-state index in [4.69, 9.17) is 14.6 Å². The number of carbonyl (C=O) groups excluding carboxylic acids is 1. The number of nitrogens with one attached hydrogen (secondary N) is 1. The highest BCUT2D eigenvalue weighted by molar-refractivity contribution is 6.08. The van der Waals surface area contributed by atoms with Crippen molar-refractivity contribution in [2.75, 3.05) is 19.5 Å². The van der Waals surface area contributed by atoms with Gasteiger partial charge in [-0.25, -0.2) is 9.67 Å². The minimum Gasteiger partial charge on any atom is -0.497 e. The van der Waals surface area contributed by atoms with Gasteiger partial charge in [-0.1, -0.05) is 30.3 Å². The minimum absolute atomic E-state index is 0.278. The average Bonchev–Trinajstić information content (AvgIpc) is 3.56. The Morgan fingerprint density at radius 3 is 2.43 bits per heavy atom. The van der Waals surface area contributed by atoms with E-state index >= 15 is 0 Å². The number of nitrogens with zero attached hydrogens (tertiary/aromatic N) is 4. The predicted molar refractivity (Wildman–Crippen MR) is 143 cm³/mol. The summed E-state index contributed by atoms with van der Waals surface area (Å²) in [6.07, 6.45) is 5.47. The summed E-state index contributed by atoms with van der Waals surface area (Å²) in [5, 5.41) is 7.79. The molecule has 0 saturated carbocycles. The zero-order valence-electron chi connectivity index (χ0n) is 20.9. The molecule has 0 aliphatic rings. The van der Waals surface area contributed by atoms with E-state index in [1.807, 2.05) is 79.9 Å². The molecule has 1 amide bonds. The molecule has 0 aliphatic carbocycles. The zero-order chi connectivity index (χ0) is 25.8. The number of aromatic nitrogens is 4. The van der Waals surface area contributed by atoms with Crippen LogP contribution in [-0.2, 0) is 6.54 Å². The number of methoxy groups -OCH3 is 2. The molecule has 0 saturated heterocycles. The lowest BCUT2D eigenvalue weighted by atomic mass is 10.1. The van der Waals surface area contributed by atoms with Gasteiger partial charge in [0.05, 0.1) is 25.5 Å². The minimum atomic E-state index is -0.278. The standard InChI is InChI=1S/C29H27N5O3/c1-20-30-15-16-33(20)18-21-9-11-22(12-10-21)31-29(35)26-19-34(23-7-5-4-6-8-23)32-28(26)25-17-24(36-2)13-14-27(25)37-3/h4-17,19H,18H2,1-3H3,(H,31,35). The maximum Gasteiger partial charge on any atom is 0.259 e. The van der Waals surface area contributed by atoms with E-state index < -0.39 is 0 Å². The number of benzene rings is 3. The lowest BCUT2D eigenvalue weighted by molar-refractivity contribution is 0.102. The van der Waals surface area contributed by atoms with Crippen molar-refractivity contribution in [1.82, 2.24) is 19.3 Å². The van der Waals surface area contributed by atoms with Gasteiger partial charge < -0.3 is 19.4 Å². The van der Waals surface area contributed by atoms with Gasteiger partial charge in [-0.05, 0) is 55.0 Å². The molecule has 2 aromatic heterocycles. The van der Waals surface area contributed by atoms with Crippen molar-refractivity contribution in [1.29, 1.82) is 0 Å². The monoisotopic (exact) mass is 493 g/mol. The smallest absolute Gasteiger partial charge is 0.259 e. The first kappa shape index (κ1) is 23.9. The number of anilines is 1.